The molecule has 0 aliphatic heterocycles. The molecule has 0 N–H and O–H groups in total. The quantitative estimate of drug-likeness (QED) is 0.173. The van der Waals surface area contributed by atoms with Crippen molar-refractivity contribution in [1.29, 1.82) is 0 Å². The number of nitrogens with zero attached hydrogens (tertiary/aromatic N) is 2. The van der Waals surface area contributed by atoms with E-state index in [1.165, 1.54) is 71.9 Å². The number of rotatable bonds is 5. The molecule has 0 unspecified atom stereocenters. The molecule has 63 heavy (non-hydrogen) atoms. The van der Waals surface area contributed by atoms with Crippen LogP contribution in [-0.4, -0.2) is 4.57 Å². The van der Waals surface area contributed by atoms with Gasteiger partial charge in [0.1, 0.15) is 11.2 Å². The number of hydrogen-bond acceptors (Lipinski definition) is 2. The molecule has 2 aromatic heterocycles. The lowest BCUT2D eigenvalue weighted by Crippen LogP contribution is -2.18. The van der Waals surface area contributed by atoms with E-state index in [1.807, 2.05) is 6.07 Å². The lowest BCUT2D eigenvalue weighted by molar-refractivity contribution is 0.660. The third-order valence-electron chi connectivity index (χ3n) is 14.4. The smallest absolute Gasteiger partial charge is 0.137 e. The largest absolute Gasteiger partial charge is 0.456 e. The number of para-hydroxylation sites is 1. The van der Waals surface area contributed by atoms with Crippen LogP contribution >= 0.6 is 0 Å². The summed E-state index contributed by atoms with van der Waals surface area (Å²) in [5, 5.41) is 4.69. The maximum atomic E-state index is 6.60. The lowest BCUT2D eigenvalue weighted by Gasteiger charge is -2.30. The van der Waals surface area contributed by atoms with Gasteiger partial charge in [0.2, 0.25) is 0 Å². The zero-order valence-corrected chi connectivity index (χ0v) is 35.8. The van der Waals surface area contributed by atoms with Crippen molar-refractivity contribution < 1.29 is 4.42 Å². The highest BCUT2D eigenvalue weighted by molar-refractivity contribution is 6.26. The van der Waals surface area contributed by atoms with Crippen molar-refractivity contribution in [3.05, 3.63) is 216 Å². The number of aromatic nitrogens is 1. The van der Waals surface area contributed by atoms with Crippen molar-refractivity contribution in [2.24, 2.45) is 0 Å². The van der Waals surface area contributed by atoms with Gasteiger partial charge in [-0.05, 0) is 134 Å². The fraction of sp³-hybridized carbons (Fsp3) is 0.100. The van der Waals surface area contributed by atoms with Crippen LogP contribution < -0.4 is 4.90 Å². The van der Waals surface area contributed by atoms with E-state index in [0.717, 1.165) is 50.2 Å². The standard InChI is InChI=1S/C60H44N2O/c1-59(2)49-17-8-5-13-43(49)45-33-31-41(35-51(45)59)61(42-32-34-46-44-14-6-9-18-50(44)60(3,4)52(46)36-42)39-27-23-37(24-28-39)38-25-29-40(30-26-38)62-53-19-11-16-48-47-15-7-10-21-55(47)63-56-22-12-20-54(62)58(56)57(48)53/h5-36H,1-4H3. The molecule has 11 aromatic rings. The molecule has 0 saturated heterocycles. The van der Waals surface area contributed by atoms with E-state index in [1.54, 1.807) is 0 Å². The highest BCUT2D eigenvalue weighted by Crippen LogP contribution is 2.53. The second-order valence-electron chi connectivity index (χ2n) is 18.5. The average molecular weight is 809 g/mol. The fourth-order valence-electron chi connectivity index (χ4n) is 11.3. The summed E-state index contributed by atoms with van der Waals surface area (Å²) in [6.07, 6.45) is 0. The van der Waals surface area contributed by atoms with Crippen LogP contribution in [-0.2, 0) is 10.8 Å². The Balaban J connectivity index is 0.907. The Hall–Kier alpha value is -7.62. The van der Waals surface area contributed by atoms with Gasteiger partial charge in [0.05, 0.1) is 16.4 Å². The minimum Gasteiger partial charge on any atom is -0.456 e. The van der Waals surface area contributed by atoms with Gasteiger partial charge in [0.25, 0.3) is 0 Å². The van der Waals surface area contributed by atoms with E-state index in [-0.39, 0.29) is 10.8 Å². The van der Waals surface area contributed by atoms with Crippen molar-refractivity contribution >= 4 is 60.8 Å². The molecule has 3 nitrogen and oxygen atoms in total. The second-order valence-corrected chi connectivity index (χ2v) is 18.5. The topological polar surface area (TPSA) is 21.3 Å². The zero-order valence-electron chi connectivity index (χ0n) is 35.8. The van der Waals surface area contributed by atoms with Gasteiger partial charge in [-0.2, -0.15) is 0 Å². The normalized spacial score (nSPS) is 14.3. The number of anilines is 3. The molecule has 0 spiro atoms. The summed E-state index contributed by atoms with van der Waals surface area (Å²) >= 11 is 0. The van der Waals surface area contributed by atoms with Gasteiger partial charge >= 0.3 is 0 Å². The molecule has 2 heterocycles. The molecule has 9 aromatic carbocycles. The number of benzene rings is 9. The number of fused-ring (bicyclic) bond motifs is 8. The maximum absolute atomic E-state index is 6.60. The van der Waals surface area contributed by atoms with Gasteiger partial charge in [0.15, 0.2) is 0 Å². The van der Waals surface area contributed by atoms with Gasteiger partial charge in [-0.1, -0.05) is 149 Å². The van der Waals surface area contributed by atoms with Crippen molar-refractivity contribution in [3.63, 3.8) is 0 Å². The van der Waals surface area contributed by atoms with Crippen LogP contribution in [0.25, 0.3) is 82.8 Å². The molecule has 3 heteroatoms. The molecule has 0 radical (unpaired) electrons. The molecule has 300 valence electrons. The molecule has 0 bridgehead atoms. The van der Waals surface area contributed by atoms with Crippen LogP contribution in [0.15, 0.2) is 199 Å². The Morgan fingerprint density at radius 1 is 0.381 bits per heavy atom. The summed E-state index contributed by atoms with van der Waals surface area (Å²) in [7, 11) is 0. The summed E-state index contributed by atoms with van der Waals surface area (Å²) in [6.45, 7) is 9.45. The van der Waals surface area contributed by atoms with Crippen LogP contribution in [0.1, 0.15) is 49.9 Å². The van der Waals surface area contributed by atoms with Gasteiger partial charge in [-0.15, -0.1) is 0 Å². The van der Waals surface area contributed by atoms with E-state index in [2.05, 4.69) is 225 Å². The van der Waals surface area contributed by atoms with Gasteiger partial charge in [-0.3, -0.25) is 0 Å². The van der Waals surface area contributed by atoms with E-state index < -0.39 is 0 Å². The van der Waals surface area contributed by atoms with Gasteiger partial charge in [-0.25, -0.2) is 0 Å². The van der Waals surface area contributed by atoms with Crippen molar-refractivity contribution in [3.8, 4) is 39.1 Å². The molecule has 0 amide bonds. The summed E-state index contributed by atoms with van der Waals surface area (Å²) < 4.78 is 8.98. The van der Waals surface area contributed by atoms with Crippen LogP contribution in [0.2, 0.25) is 0 Å². The average Bonchev–Trinajstić information content (AvgIpc) is 3.82. The highest BCUT2D eigenvalue weighted by atomic mass is 16.3. The van der Waals surface area contributed by atoms with Crippen LogP contribution in [0.3, 0.4) is 0 Å². The predicted molar refractivity (Wildman–Crippen MR) is 263 cm³/mol. The Labute approximate surface area is 367 Å². The Bertz CT molecular complexity index is 3570. The molecule has 0 saturated carbocycles. The first-order valence-corrected chi connectivity index (χ1v) is 22.1. The van der Waals surface area contributed by atoms with E-state index >= 15 is 0 Å². The zero-order chi connectivity index (χ0) is 42.2. The predicted octanol–water partition coefficient (Wildman–Crippen LogP) is 16.4. The Morgan fingerprint density at radius 3 is 1.49 bits per heavy atom. The molecule has 2 aliphatic rings. The Kier molecular flexibility index (Phi) is 7.42. The van der Waals surface area contributed by atoms with Gasteiger partial charge in [0, 0.05) is 44.4 Å². The molecule has 13 rings (SSSR count). The molecule has 0 atom stereocenters. The SMILES string of the molecule is CC1(C)c2ccccc2-c2ccc(N(c3ccc(-c4ccc(-n5c6cccc7oc8ccccc8c8cccc5c8c76)cc4)cc3)c3ccc4c(c3)C(C)(C)c3ccccc3-4)cc21. The summed E-state index contributed by atoms with van der Waals surface area (Å²) in [4.78, 5) is 2.45. The second kappa shape index (κ2) is 13.0. The maximum Gasteiger partial charge on any atom is 0.137 e. The van der Waals surface area contributed by atoms with Crippen molar-refractivity contribution in [2.45, 2.75) is 38.5 Å². The molecule has 2 aliphatic carbocycles. The summed E-state index contributed by atoms with van der Waals surface area (Å²) in [6, 6.07) is 71.5. The lowest BCUT2D eigenvalue weighted by atomic mass is 9.82. The highest BCUT2D eigenvalue weighted by Gasteiger charge is 2.37. The van der Waals surface area contributed by atoms with E-state index in [9.17, 15) is 0 Å². The van der Waals surface area contributed by atoms with Crippen LogP contribution in [0, 0.1) is 0 Å². The first-order valence-electron chi connectivity index (χ1n) is 22.1. The van der Waals surface area contributed by atoms with E-state index in [0.29, 0.717) is 0 Å². The summed E-state index contributed by atoms with van der Waals surface area (Å²) in [5.74, 6) is 0. The first kappa shape index (κ1) is 36.1. The monoisotopic (exact) mass is 808 g/mol. The molecular formula is C60H44N2O. The van der Waals surface area contributed by atoms with Gasteiger partial charge < -0.3 is 13.9 Å². The first-order chi connectivity index (χ1) is 30.8. The summed E-state index contributed by atoms with van der Waals surface area (Å²) in [5.41, 5.74) is 21.6. The number of hydrogen-bond donors (Lipinski definition) is 0. The third kappa shape index (κ3) is 5.08. The third-order valence-corrected chi connectivity index (χ3v) is 14.4. The molecule has 0 fully saturated rings. The van der Waals surface area contributed by atoms with Crippen LogP contribution in [0.4, 0.5) is 17.1 Å². The minimum absolute atomic E-state index is 0.107. The fourth-order valence-corrected chi connectivity index (χ4v) is 11.3. The van der Waals surface area contributed by atoms with Crippen molar-refractivity contribution in [1.82, 2.24) is 4.57 Å². The molecular weight excluding hydrogens is 765 g/mol. The minimum atomic E-state index is -0.107. The van der Waals surface area contributed by atoms with Crippen molar-refractivity contribution in [2.75, 3.05) is 4.90 Å². The Morgan fingerprint density at radius 2 is 0.857 bits per heavy atom. The van der Waals surface area contributed by atoms with E-state index in [4.69, 9.17) is 4.42 Å². The van der Waals surface area contributed by atoms with Crippen LogP contribution in [0.5, 0.6) is 0 Å².